The van der Waals surface area contributed by atoms with Gasteiger partial charge < -0.3 is 15.5 Å². The van der Waals surface area contributed by atoms with Crippen LogP contribution in [0.15, 0.2) is 34.4 Å². The molecule has 0 unspecified atom stereocenters. The number of hydrogen-bond donors (Lipinski definition) is 2. The average Bonchev–Trinajstić information content (AvgIpc) is 2.93. The Morgan fingerprint density at radius 2 is 2.23 bits per heavy atom. The lowest BCUT2D eigenvalue weighted by Crippen LogP contribution is -2.14. The van der Waals surface area contributed by atoms with Crippen molar-refractivity contribution in [3.63, 3.8) is 0 Å². The molecule has 0 radical (unpaired) electrons. The molecule has 0 aliphatic rings. The Morgan fingerprint density at radius 1 is 1.41 bits per heavy atom. The van der Waals surface area contributed by atoms with E-state index in [0.29, 0.717) is 15.2 Å². The van der Waals surface area contributed by atoms with Crippen LogP contribution in [0.5, 0.6) is 0 Å². The zero-order valence-corrected chi connectivity index (χ0v) is 12.7. The van der Waals surface area contributed by atoms with Gasteiger partial charge >= 0.3 is 5.97 Å². The van der Waals surface area contributed by atoms with Crippen molar-refractivity contribution in [2.75, 3.05) is 5.73 Å². The summed E-state index contributed by atoms with van der Waals surface area (Å²) in [6.45, 7) is -0.151. The molecule has 0 saturated heterocycles. The number of thiophene rings is 1. The van der Waals surface area contributed by atoms with E-state index in [1.807, 2.05) is 0 Å². The lowest BCUT2D eigenvalue weighted by Gasteiger charge is -2.07. The quantitative estimate of drug-likeness (QED) is 0.566. The molecule has 0 saturated carbocycles. The highest BCUT2D eigenvalue weighted by Gasteiger charge is 2.13. The molecule has 0 aliphatic carbocycles. The van der Waals surface area contributed by atoms with Gasteiger partial charge in [-0.25, -0.2) is 9.78 Å². The van der Waals surface area contributed by atoms with Crippen molar-refractivity contribution in [1.29, 1.82) is 0 Å². The summed E-state index contributed by atoms with van der Waals surface area (Å²) in [5.41, 5.74) is 6.48. The molecular weight excluding hydrogens is 326 g/mol. The van der Waals surface area contributed by atoms with E-state index in [9.17, 15) is 9.59 Å². The van der Waals surface area contributed by atoms with Crippen molar-refractivity contribution < 1.29 is 9.53 Å². The van der Waals surface area contributed by atoms with E-state index >= 15 is 0 Å². The van der Waals surface area contributed by atoms with Crippen LogP contribution in [0.4, 0.5) is 5.69 Å². The number of aromatic amines is 1. The number of nitrogens with zero attached hydrogens (tertiary/aromatic N) is 1. The van der Waals surface area contributed by atoms with Gasteiger partial charge in [0, 0.05) is 10.7 Å². The highest BCUT2D eigenvalue weighted by molar-refractivity contribution is 7.17. The molecule has 22 heavy (non-hydrogen) atoms. The second kappa shape index (κ2) is 5.78. The number of benzene rings is 1. The molecule has 0 fully saturated rings. The first-order valence-electron chi connectivity index (χ1n) is 6.23. The number of halogens is 1. The van der Waals surface area contributed by atoms with Crippen LogP contribution < -0.4 is 11.3 Å². The normalized spacial score (nSPS) is 10.8. The number of ether oxygens (including phenoxy) is 1. The lowest BCUT2D eigenvalue weighted by atomic mass is 10.2. The number of esters is 1. The third-order valence-corrected chi connectivity index (χ3v) is 4.07. The van der Waals surface area contributed by atoms with Crippen molar-refractivity contribution in [3.8, 4) is 0 Å². The molecule has 8 heteroatoms. The molecule has 6 nitrogen and oxygen atoms in total. The molecular formula is C14H10ClN3O3S. The van der Waals surface area contributed by atoms with E-state index in [-0.39, 0.29) is 29.2 Å². The van der Waals surface area contributed by atoms with Gasteiger partial charge in [0.15, 0.2) is 0 Å². The SMILES string of the molecule is Nc1cc(Cl)ccc1C(=O)OCc1nc2ccsc2c(=O)[nH]1. The summed E-state index contributed by atoms with van der Waals surface area (Å²) < 4.78 is 5.66. The molecule has 0 aliphatic heterocycles. The number of aromatic nitrogens is 2. The number of carbonyl (C=O) groups excluding carboxylic acids is 1. The fourth-order valence-corrected chi connectivity index (χ4v) is 2.83. The maximum atomic E-state index is 12.0. The van der Waals surface area contributed by atoms with Crippen molar-refractivity contribution in [3.05, 3.63) is 56.4 Å². The summed E-state index contributed by atoms with van der Waals surface area (Å²) in [6.07, 6.45) is 0. The Kier molecular flexibility index (Phi) is 3.82. The predicted octanol–water partition coefficient (Wildman–Crippen LogP) is 2.58. The number of anilines is 1. The number of hydrogen-bond acceptors (Lipinski definition) is 6. The molecule has 2 heterocycles. The summed E-state index contributed by atoms with van der Waals surface area (Å²) in [7, 11) is 0. The summed E-state index contributed by atoms with van der Waals surface area (Å²) >= 11 is 7.08. The Balaban J connectivity index is 1.78. The minimum Gasteiger partial charge on any atom is -0.454 e. The summed E-state index contributed by atoms with van der Waals surface area (Å²) in [5, 5.41) is 2.21. The number of H-pyrrole nitrogens is 1. The van der Waals surface area contributed by atoms with E-state index in [1.165, 1.54) is 23.5 Å². The molecule has 3 N–H and O–H groups in total. The summed E-state index contributed by atoms with van der Waals surface area (Å²) in [4.78, 5) is 30.6. The van der Waals surface area contributed by atoms with Crippen LogP contribution >= 0.6 is 22.9 Å². The first-order valence-corrected chi connectivity index (χ1v) is 7.49. The van der Waals surface area contributed by atoms with Crippen LogP contribution in [-0.2, 0) is 11.3 Å². The first-order chi connectivity index (χ1) is 10.5. The summed E-state index contributed by atoms with van der Waals surface area (Å²) in [5.74, 6) is -0.334. The minimum atomic E-state index is -0.609. The van der Waals surface area contributed by atoms with Crippen LogP contribution in [-0.4, -0.2) is 15.9 Å². The molecule has 3 aromatic rings. The Morgan fingerprint density at radius 3 is 3.00 bits per heavy atom. The van der Waals surface area contributed by atoms with Gasteiger partial charge in [-0.2, -0.15) is 0 Å². The number of fused-ring (bicyclic) bond motifs is 1. The molecule has 2 aromatic heterocycles. The van der Waals surface area contributed by atoms with Crippen LogP contribution in [0.1, 0.15) is 16.2 Å². The van der Waals surface area contributed by atoms with Crippen LogP contribution in [0.25, 0.3) is 10.2 Å². The average molecular weight is 336 g/mol. The maximum absolute atomic E-state index is 12.0. The van der Waals surface area contributed by atoms with Gasteiger partial charge in [-0.15, -0.1) is 11.3 Å². The molecule has 3 rings (SSSR count). The second-order valence-corrected chi connectivity index (χ2v) is 5.81. The Hall–Kier alpha value is -2.38. The van der Waals surface area contributed by atoms with E-state index < -0.39 is 5.97 Å². The molecule has 0 bridgehead atoms. The van der Waals surface area contributed by atoms with Gasteiger partial charge in [0.05, 0.1) is 11.1 Å². The van der Waals surface area contributed by atoms with E-state index in [4.69, 9.17) is 22.1 Å². The fraction of sp³-hybridized carbons (Fsp3) is 0.0714. The Labute approximate surface area is 133 Å². The molecule has 112 valence electrons. The highest BCUT2D eigenvalue weighted by Crippen LogP contribution is 2.19. The largest absolute Gasteiger partial charge is 0.454 e. The number of carbonyl (C=O) groups is 1. The number of nitrogens with two attached hydrogens (primary N) is 1. The standard InChI is InChI=1S/C14H10ClN3O3S/c15-7-1-2-8(9(16)5-7)14(20)21-6-11-17-10-3-4-22-12(10)13(19)18-11/h1-5H,6,16H2,(H,17,18,19). The Bertz CT molecular complexity index is 919. The fourth-order valence-electron chi connectivity index (χ4n) is 1.92. The smallest absolute Gasteiger partial charge is 0.340 e. The van der Waals surface area contributed by atoms with Crippen LogP contribution in [0.2, 0.25) is 5.02 Å². The monoisotopic (exact) mass is 335 g/mol. The van der Waals surface area contributed by atoms with E-state index in [2.05, 4.69) is 9.97 Å². The third-order valence-electron chi connectivity index (χ3n) is 2.94. The molecule has 1 aromatic carbocycles. The molecule has 0 atom stereocenters. The maximum Gasteiger partial charge on any atom is 0.340 e. The van der Waals surface area contributed by atoms with Crippen LogP contribution in [0, 0.1) is 0 Å². The molecule has 0 amide bonds. The summed E-state index contributed by atoms with van der Waals surface area (Å²) in [6, 6.07) is 6.23. The third kappa shape index (κ3) is 2.81. The molecule has 0 spiro atoms. The predicted molar refractivity (Wildman–Crippen MR) is 85.2 cm³/mol. The van der Waals surface area contributed by atoms with E-state index in [1.54, 1.807) is 17.5 Å². The van der Waals surface area contributed by atoms with Crippen molar-refractivity contribution >= 4 is 44.8 Å². The lowest BCUT2D eigenvalue weighted by molar-refractivity contribution is 0.0463. The van der Waals surface area contributed by atoms with Gasteiger partial charge in [-0.1, -0.05) is 11.6 Å². The topological polar surface area (TPSA) is 98.1 Å². The minimum absolute atomic E-state index is 0.151. The number of nitrogens with one attached hydrogen (secondary N) is 1. The van der Waals surface area contributed by atoms with Crippen molar-refractivity contribution in [1.82, 2.24) is 9.97 Å². The first kappa shape index (κ1) is 14.6. The number of rotatable bonds is 3. The van der Waals surface area contributed by atoms with Gasteiger partial charge in [0.25, 0.3) is 5.56 Å². The zero-order valence-electron chi connectivity index (χ0n) is 11.1. The zero-order chi connectivity index (χ0) is 15.7. The van der Waals surface area contributed by atoms with Gasteiger partial charge in [0.1, 0.15) is 17.1 Å². The van der Waals surface area contributed by atoms with Gasteiger partial charge in [0.2, 0.25) is 0 Å². The highest BCUT2D eigenvalue weighted by atomic mass is 35.5. The van der Waals surface area contributed by atoms with E-state index in [0.717, 1.165) is 0 Å². The second-order valence-electron chi connectivity index (χ2n) is 4.46. The van der Waals surface area contributed by atoms with Crippen molar-refractivity contribution in [2.24, 2.45) is 0 Å². The van der Waals surface area contributed by atoms with Crippen LogP contribution in [0.3, 0.4) is 0 Å². The van der Waals surface area contributed by atoms with Gasteiger partial charge in [-0.3, -0.25) is 4.79 Å². The van der Waals surface area contributed by atoms with Gasteiger partial charge in [-0.05, 0) is 29.6 Å². The number of nitrogen functional groups attached to an aromatic ring is 1. The van der Waals surface area contributed by atoms with Crippen molar-refractivity contribution in [2.45, 2.75) is 6.61 Å².